The third kappa shape index (κ3) is 9.16. The number of halogens is 1. The molecule has 1 atom stereocenters. The zero-order chi connectivity index (χ0) is 12.6. The van der Waals surface area contributed by atoms with Crippen LogP contribution in [0.3, 0.4) is 0 Å². The lowest BCUT2D eigenvalue weighted by molar-refractivity contribution is -0.138. The van der Waals surface area contributed by atoms with E-state index in [1.807, 2.05) is 20.8 Å². The van der Waals surface area contributed by atoms with E-state index in [9.17, 15) is 4.79 Å². The summed E-state index contributed by atoms with van der Waals surface area (Å²) in [7, 11) is 0. The van der Waals surface area contributed by atoms with Crippen molar-refractivity contribution < 1.29 is 9.53 Å². The van der Waals surface area contributed by atoms with Crippen molar-refractivity contribution in [2.45, 2.75) is 51.0 Å². The normalized spacial score (nSPS) is 19.3. The van der Waals surface area contributed by atoms with E-state index in [-0.39, 0.29) is 5.60 Å². The van der Waals surface area contributed by atoms with E-state index in [1.165, 1.54) is 25.9 Å². The first-order valence-corrected chi connectivity index (χ1v) is 6.74. The van der Waals surface area contributed by atoms with Crippen LogP contribution in [0.5, 0.6) is 0 Å². The van der Waals surface area contributed by atoms with Gasteiger partial charge >= 0.3 is 0 Å². The summed E-state index contributed by atoms with van der Waals surface area (Å²) in [4.78, 5) is 10.3. The Kier molecular flexibility index (Phi) is 8.02. The van der Waals surface area contributed by atoms with E-state index < -0.39 is 0 Å². The maximum Gasteiger partial charge on any atom is 0.293 e. The molecule has 1 aliphatic heterocycles. The molecule has 0 spiro atoms. The van der Waals surface area contributed by atoms with Crippen LogP contribution in [0.15, 0.2) is 0 Å². The summed E-state index contributed by atoms with van der Waals surface area (Å²) >= 11 is 3.61. The Hall–Kier alpha value is -0.0900. The van der Waals surface area contributed by atoms with E-state index in [0.717, 1.165) is 5.92 Å². The molecule has 3 nitrogen and oxygen atoms in total. The second-order valence-corrected chi connectivity index (χ2v) is 6.54. The predicted octanol–water partition coefficient (Wildman–Crippen LogP) is 2.73. The summed E-state index contributed by atoms with van der Waals surface area (Å²) in [5, 5.41) is 3.35. The summed E-state index contributed by atoms with van der Waals surface area (Å²) in [6.45, 7) is 10.6. The molecular weight excluding hydrogens is 270 g/mol. The fourth-order valence-electron chi connectivity index (χ4n) is 1.45. The summed E-state index contributed by atoms with van der Waals surface area (Å²) in [5.74, 6) is 0.909. The number of hydrogen-bond acceptors (Lipinski definition) is 3. The molecule has 1 N–H and O–H groups in total. The quantitative estimate of drug-likeness (QED) is 0.628. The van der Waals surface area contributed by atoms with Gasteiger partial charge in [-0.15, -0.1) is 0 Å². The van der Waals surface area contributed by atoms with Gasteiger partial charge in [-0.25, -0.2) is 0 Å². The smallest absolute Gasteiger partial charge is 0.293 e. The number of alkyl halides is 1. The van der Waals surface area contributed by atoms with Gasteiger partial charge in [0.15, 0.2) is 0 Å². The maximum atomic E-state index is 9.60. The molecular formula is C12H24BrNO2. The van der Waals surface area contributed by atoms with Gasteiger partial charge < -0.3 is 10.1 Å². The first-order valence-electron chi connectivity index (χ1n) is 5.83. The molecule has 0 radical (unpaired) electrons. The van der Waals surface area contributed by atoms with Gasteiger partial charge in [0.2, 0.25) is 0 Å². The van der Waals surface area contributed by atoms with Crippen molar-refractivity contribution in [1.82, 2.24) is 5.32 Å². The number of carbonyl (C=O) groups is 1. The van der Waals surface area contributed by atoms with Gasteiger partial charge in [-0.3, -0.25) is 4.79 Å². The summed E-state index contributed by atoms with van der Waals surface area (Å²) in [6, 6.07) is 0. The van der Waals surface area contributed by atoms with E-state index in [1.54, 1.807) is 0 Å². The third-order valence-corrected chi connectivity index (χ3v) is 3.18. The van der Waals surface area contributed by atoms with Crippen LogP contribution in [0.1, 0.15) is 40.5 Å². The number of hydrogen-bond donors (Lipinski definition) is 1. The standard InChI is InChI=1S/C7H14BrN.C5H10O2/c1-6(8)7-2-4-9-5-3-7;1-5(2,3)7-4-6/h6-7,9H,2-5H2,1H3;4H,1-3H3. The first kappa shape index (κ1) is 15.9. The van der Waals surface area contributed by atoms with Crippen molar-refractivity contribution in [3.63, 3.8) is 0 Å². The molecule has 1 rings (SSSR count). The van der Waals surface area contributed by atoms with Crippen molar-refractivity contribution in [1.29, 1.82) is 0 Å². The van der Waals surface area contributed by atoms with Crippen LogP contribution in [0.25, 0.3) is 0 Å². The molecule has 1 aliphatic rings. The molecule has 1 fully saturated rings. The van der Waals surface area contributed by atoms with E-state index >= 15 is 0 Å². The predicted molar refractivity (Wildman–Crippen MR) is 70.9 cm³/mol. The Balaban J connectivity index is 0.000000293. The number of rotatable bonds is 2. The molecule has 96 valence electrons. The van der Waals surface area contributed by atoms with Crippen LogP contribution in [0.2, 0.25) is 0 Å². The first-order chi connectivity index (χ1) is 7.37. The minimum atomic E-state index is -0.318. The van der Waals surface area contributed by atoms with Gasteiger partial charge in [0.05, 0.1) is 0 Å². The highest BCUT2D eigenvalue weighted by Gasteiger charge is 2.16. The lowest BCUT2D eigenvalue weighted by atomic mass is 9.96. The van der Waals surface area contributed by atoms with Crippen LogP contribution in [-0.2, 0) is 9.53 Å². The number of carbonyl (C=O) groups excluding carboxylic acids is 1. The van der Waals surface area contributed by atoms with Gasteiger partial charge in [0, 0.05) is 4.83 Å². The van der Waals surface area contributed by atoms with E-state index in [4.69, 9.17) is 0 Å². The van der Waals surface area contributed by atoms with E-state index in [0.29, 0.717) is 11.3 Å². The molecule has 0 amide bonds. The van der Waals surface area contributed by atoms with Crippen molar-refractivity contribution in [3.8, 4) is 0 Å². The second-order valence-electron chi connectivity index (χ2n) is 5.09. The molecule has 0 aromatic heterocycles. The largest absolute Gasteiger partial charge is 0.462 e. The molecule has 1 heterocycles. The monoisotopic (exact) mass is 293 g/mol. The second kappa shape index (κ2) is 8.07. The Labute approximate surface area is 107 Å². The number of nitrogens with one attached hydrogen (secondary N) is 1. The fraction of sp³-hybridized carbons (Fsp3) is 0.917. The van der Waals surface area contributed by atoms with Crippen molar-refractivity contribution in [2.75, 3.05) is 13.1 Å². The number of ether oxygens (including phenoxy) is 1. The minimum Gasteiger partial charge on any atom is -0.462 e. The van der Waals surface area contributed by atoms with Crippen molar-refractivity contribution in [3.05, 3.63) is 0 Å². The molecule has 1 unspecified atom stereocenters. The Morgan fingerprint density at radius 1 is 1.38 bits per heavy atom. The molecule has 0 saturated carbocycles. The SMILES string of the molecule is CC(Br)C1CCNCC1.CC(C)(C)OC=O. The zero-order valence-corrected chi connectivity index (χ0v) is 12.3. The van der Waals surface area contributed by atoms with Crippen LogP contribution in [-0.4, -0.2) is 30.0 Å². The fourth-order valence-corrected chi connectivity index (χ4v) is 1.98. The van der Waals surface area contributed by atoms with E-state index in [2.05, 4.69) is 32.9 Å². The molecule has 1 saturated heterocycles. The molecule has 0 aliphatic carbocycles. The third-order valence-electron chi connectivity index (χ3n) is 2.44. The summed E-state index contributed by atoms with van der Waals surface area (Å²) in [6.07, 6.45) is 2.68. The average Bonchev–Trinajstić information content (AvgIpc) is 2.18. The van der Waals surface area contributed by atoms with Crippen LogP contribution >= 0.6 is 15.9 Å². The van der Waals surface area contributed by atoms with Gasteiger partial charge in [0.1, 0.15) is 5.60 Å². The van der Waals surface area contributed by atoms with Crippen LogP contribution in [0, 0.1) is 5.92 Å². The highest BCUT2D eigenvalue weighted by Crippen LogP contribution is 2.21. The highest BCUT2D eigenvalue weighted by atomic mass is 79.9. The Bertz CT molecular complexity index is 184. The average molecular weight is 294 g/mol. The highest BCUT2D eigenvalue weighted by molar-refractivity contribution is 9.09. The topological polar surface area (TPSA) is 38.3 Å². The summed E-state index contributed by atoms with van der Waals surface area (Å²) < 4.78 is 4.55. The van der Waals surface area contributed by atoms with Crippen molar-refractivity contribution in [2.24, 2.45) is 5.92 Å². The number of piperidine rings is 1. The van der Waals surface area contributed by atoms with Gasteiger partial charge in [-0.05, 0) is 52.6 Å². The van der Waals surface area contributed by atoms with Crippen molar-refractivity contribution >= 4 is 22.4 Å². The minimum absolute atomic E-state index is 0.318. The van der Waals surface area contributed by atoms with Crippen LogP contribution in [0.4, 0.5) is 0 Å². The molecule has 0 aromatic carbocycles. The Morgan fingerprint density at radius 2 is 1.88 bits per heavy atom. The molecule has 0 bridgehead atoms. The Morgan fingerprint density at radius 3 is 2.06 bits per heavy atom. The van der Waals surface area contributed by atoms with Crippen LogP contribution < -0.4 is 5.32 Å². The lowest BCUT2D eigenvalue weighted by Gasteiger charge is -2.24. The molecule has 16 heavy (non-hydrogen) atoms. The zero-order valence-electron chi connectivity index (χ0n) is 10.8. The maximum absolute atomic E-state index is 9.60. The summed E-state index contributed by atoms with van der Waals surface area (Å²) in [5.41, 5.74) is -0.318. The van der Waals surface area contributed by atoms with Gasteiger partial charge in [-0.2, -0.15) is 0 Å². The van der Waals surface area contributed by atoms with Gasteiger partial charge in [0.25, 0.3) is 6.47 Å². The van der Waals surface area contributed by atoms with Gasteiger partial charge in [-0.1, -0.05) is 22.9 Å². The lowest BCUT2D eigenvalue weighted by Crippen LogP contribution is -2.30. The molecule has 4 heteroatoms. The molecule has 0 aromatic rings.